The van der Waals surface area contributed by atoms with Crippen LogP contribution < -0.4 is 0 Å². The van der Waals surface area contributed by atoms with Gasteiger partial charge in [0.15, 0.2) is 5.88 Å². The number of fused-ring (bicyclic) bond motifs is 1. The Morgan fingerprint density at radius 3 is 1.86 bits per heavy atom. The van der Waals surface area contributed by atoms with Crippen LogP contribution in [0.15, 0.2) is 91.1 Å². The van der Waals surface area contributed by atoms with Crippen LogP contribution in [0.25, 0.3) is 10.8 Å². The Kier molecular flexibility index (Phi) is 4.82. The first kappa shape index (κ1) is 18.0. The second-order valence-corrected chi connectivity index (χ2v) is 7.94. The van der Waals surface area contributed by atoms with Crippen LogP contribution in [0.3, 0.4) is 0 Å². The quantitative estimate of drug-likeness (QED) is 0.485. The Balaban J connectivity index is 1.40. The molecule has 0 atom stereocenters. The summed E-state index contributed by atoms with van der Waals surface area (Å²) in [7, 11) is 0. The molecule has 1 fully saturated rings. The molecule has 0 saturated carbocycles. The predicted molar refractivity (Wildman–Crippen MR) is 118 cm³/mol. The molecule has 2 heterocycles. The second kappa shape index (κ2) is 7.76. The molecule has 0 unspecified atom stereocenters. The maximum absolute atomic E-state index is 10.7. The van der Waals surface area contributed by atoms with Gasteiger partial charge in [-0.2, -0.15) is 0 Å². The highest BCUT2D eigenvalue weighted by molar-refractivity contribution is 5.87. The smallest absolute Gasteiger partial charge is 0.199 e. The summed E-state index contributed by atoms with van der Waals surface area (Å²) in [4.78, 5) is 2.58. The van der Waals surface area contributed by atoms with Gasteiger partial charge in [0.25, 0.3) is 0 Å². The average Bonchev–Trinajstić information content (AvgIpc) is 3.13. The molecule has 1 aromatic heterocycles. The fraction of sp³-hybridized carbons (Fsp3) is 0.231. The Labute approximate surface area is 171 Å². The number of hydrogen-bond acceptors (Lipinski definition) is 2. The van der Waals surface area contributed by atoms with Crippen molar-refractivity contribution in [1.82, 2.24) is 9.47 Å². The monoisotopic (exact) mass is 382 g/mol. The molecule has 1 saturated heterocycles. The van der Waals surface area contributed by atoms with E-state index in [1.54, 1.807) is 0 Å². The van der Waals surface area contributed by atoms with Gasteiger partial charge in [-0.05, 0) is 30.0 Å². The number of piperidine rings is 1. The fourth-order valence-corrected chi connectivity index (χ4v) is 4.75. The summed E-state index contributed by atoms with van der Waals surface area (Å²) in [5.74, 6) is 0.404. The molecule has 1 aliphatic rings. The molecular weight excluding hydrogens is 356 g/mol. The van der Waals surface area contributed by atoms with E-state index >= 15 is 0 Å². The lowest BCUT2D eigenvalue weighted by Crippen LogP contribution is -2.37. The van der Waals surface area contributed by atoms with Crippen molar-refractivity contribution >= 4 is 10.8 Å². The summed E-state index contributed by atoms with van der Waals surface area (Å²) >= 11 is 0. The largest absolute Gasteiger partial charge is 0.494 e. The van der Waals surface area contributed by atoms with Crippen LogP contribution in [0.2, 0.25) is 0 Å². The fourth-order valence-electron chi connectivity index (χ4n) is 4.75. The zero-order valence-electron chi connectivity index (χ0n) is 16.5. The van der Waals surface area contributed by atoms with Crippen molar-refractivity contribution in [2.45, 2.75) is 24.9 Å². The summed E-state index contributed by atoms with van der Waals surface area (Å²) in [6.45, 7) is 2.01. The van der Waals surface area contributed by atoms with Crippen LogP contribution >= 0.6 is 0 Å². The molecule has 0 spiro atoms. The van der Waals surface area contributed by atoms with Gasteiger partial charge >= 0.3 is 0 Å². The standard InChI is InChI=1S/C26H26N2O/c29-26-24-14-8-7-13-22(24)19-28(26)23-15-17-27(18-16-23)25(20-9-3-1-4-10-20)21-11-5-2-6-12-21/h1-14,19,23,25,29H,15-18H2. The Hall–Kier alpha value is -3.04. The summed E-state index contributed by atoms with van der Waals surface area (Å²) < 4.78 is 2.09. The summed E-state index contributed by atoms with van der Waals surface area (Å²) in [6.07, 6.45) is 4.17. The van der Waals surface area contributed by atoms with Crippen molar-refractivity contribution in [2.24, 2.45) is 0 Å². The van der Waals surface area contributed by atoms with Gasteiger partial charge in [-0.3, -0.25) is 4.90 Å². The first-order valence-corrected chi connectivity index (χ1v) is 10.4. The second-order valence-electron chi connectivity index (χ2n) is 7.94. The Morgan fingerprint density at radius 1 is 0.724 bits per heavy atom. The van der Waals surface area contributed by atoms with Gasteiger partial charge in [0.1, 0.15) is 0 Å². The number of rotatable bonds is 4. The van der Waals surface area contributed by atoms with Gasteiger partial charge in [0.05, 0.1) is 6.04 Å². The van der Waals surface area contributed by atoms with Gasteiger partial charge in [-0.1, -0.05) is 78.9 Å². The number of nitrogens with zero attached hydrogens (tertiary/aromatic N) is 2. The molecule has 1 N–H and O–H groups in total. The number of benzene rings is 3. The molecule has 0 bridgehead atoms. The van der Waals surface area contributed by atoms with E-state index in [1.165, 1.54) is 11.1 Å². The molecule has 0 aliphatic carbocycles. The van der Waals surface area contributed by atoms with Crippen LogP contribution in [0.4, 0.5) is 0 Å². The number of likely N-dealkylation sites (tertiary alicyclic amines) is 1. The third kappa shape index (κ3) is 3.43. The van der Waals surface area contributed by atoms with E-state index in [1.807, 2.05) is 18.2 Å². The highest BCUT2D eigenvalue weighted by Gasteiger charge is 2.29. The van der Waals surface area contributed by atoms with Crippen LogP contribution in [0.1, 0.15) is 36.1 Å². The zero-order valence-corrected chi connectivity index (χ0v) is 16.5. The molecule has 0 amide bonds. The number of aromatic hydroxyl groups is 1. The first-order valence-electron chi connectivity index (χ1n) is 10.4. The maximum atomic E-state index is 10.7. The summed E-state index contributed by atoms with van der Waals surface area (Å²) in [6, 6.07) is 30.3. The van der Waals surface area contributed by atoms with Crippen molar-refractivity contribution in [3.8, 4) is 5.88 Å². The molecule has 5 rings (SSSR count). The number of hydrogen-bond donors (Lipinski definition) is 1. The van der Waals surface area contributed by atoms with E-state index in [4.69, 9.17) is 0 Å². The summed E-state index contributed by atoms with van der Waals surface area (Å²) in [5, 5.41) is 12.8. The molecule has 146 valence electrons. The van der Waals surface area contributed by atoms with E-state index in [0.717, 1.165) is 36.7 Å². The lowest BCUT2D eigenvalue weighted by Gasteiger charge is -2.38. The van der Waals surface area contributed by atoms with E-state index in [-0.39, 0.29) is 6.04 Å². The van der Waals surface area contributed by atoms with Gasteiger partial charge in [0, 0.05) is 36.1 Å². The maximum Gasteiger partial charge on any atom is 0.199 e. The van der Waals surface area contributed by atoms with Crippen molar-refractivity contribution in [2.75, 3.05) is 13.1 Å². The molecule has 1 aliphatic heterocycles. The van der Waals surface area contributed by atoms with Crippen LogP contribution in [0, 0.1) is 0 Å². The van der Waals surface area contributed by atoms with Crippen LogP contribution in [-0.4, -0.2) is 27.7 Å². The molecule has 29 heavy (non-hydrogen) atoms. The highest BCUT2D eigenvalue weighted by atomic mass is 16.3. The molecule has 4 aromatic rings. The van der Waals surface area contributed by atoms with Crippen LogP contribution in [0.5, 0.6) is 5.88 Å². The zero-order chi connectivity index (χ0) is 19.6. The molecular formula is C26H26N2O. The van der Waals surface area contributed by atoms with E-state index < -0.39 is 0 Å². The van der Waals surface area contributed by atoms with Crippen molar-refractivity contribution < 1.29 is 5.11 Å². The topological polar surface area (TPSA) is 28.4 Å². The summed E-state index contributed by atoms with van der Waals surface area (Å²) in [5.41, 5.74) is 2.68. The Bertz CT molecular complexity index is 1040. The minimum atomic E-state index is 0.274. The third-order valence-corrected chi connectivity index (χ3v) is 6.21. The van der Waals surface area contributed by atoms with E-state index in [2.05, 4.69) is 82.4 Å². The minimum absolute atomic E-state index is 0.274. The SMILES string of the molecule is Oc1c2ccccc2cn1C1CCN(C(c2ccccc2)c2ccccc2)CC1. The average molecular weight is 383 g/mol. The lowest BCUT2D eigenvalue weighted by atomic mass is 9.94. The van der Waals surface area contributed by atoms with Crippen molar-refractivity contribution in [3.05, 3.63) is 102 Å². The predicted octanol–water partition coefficient (Wildman–Crippen LogP) is 5.77. The van der Waals surface area contributed by atoms with Crippen molar-refractivity contribution in [1.29, 1.82) is 0 Å². The lowest BCUT2D eigenvalue weighted by molar-refractivity contribution is 0.150. The number of aromatic nitrogens is 1. The molecule has 3 aromatic carbocycles. The van der Waals surface area contributed by atoms with Gasteiger partial charge in [-0.15, -0.1) is 0 Å². The van der Waals surface area contributed by atoms with Crippen molar-refractivity contribution in [3.63, 3.8) is 0 Å². The molecule has 3 heteroatoms. The first-order chi connectivity index (χ1) is 14.3. The van der Waals surface area contributed by atoms with E-state index in [0.29, 0.717) is 11.9 Å². The van der Waals surface area contributed by atoms with Gasteiger partial charge in [0.2, 0.25) is 0 Å². The van der Waals surface area contributed by atoms with Gasteiger partial charge < -0.3 is 9.67 Å². The normalized spacial score (nSPS) is 15.9. The third-order valence-electron chi connectivity index (χ3n) is 6.21. The Morgan fingerprint density at radius 2 is 1.28 bits per heavy atom. The molecule has 3 nitrogen and oxygen atoms in total. The van der Waals surface area contributed by atoms with E-state index in [9.17, 15) is 5.11 Å². The minimum Gasteiger partial charge on any atom is -0.494 e. The van der Waals surface area contributed by atoms with Gasteiger partial charge in [-0.25, -0.2) is 0 Å². The molecule has 0 radical (unpaired) electrons. The highest BCUT2D eigenvalue weighted by Crippen LogP contribution is 2.37. The van der Waals surface area contributed by atoms with Crippen LogP contribution in [-0.2, 0) is 0 Å².